The molecule has 3 nitrogen and oxygen atoms in total. The van der Waals surface area contributed by atoms with E-state index in [1.54, 1.807) is 0 Å². The third-order valence-corrected chi connectivity index (χ3v) is 3.07. The van der Waals surface area contributed by atoms with Crippen LogP contribution in [0, 0.1) is 0 Å². The molecule has 0 aliphatic rings. The molecule has 0 saturated carbocycles. The van der Waals surface area contributed by atoms with Crippen LogP contribution in [0.4, 0.5) is 0 Å². The zero-order valence-corrected chi connectivity index (χ0v) is 13.2. The first-order valence-electron chi connectivity index (χ1n) is 7.89. The van der Waals surface area contributed by atoms with Crippen molar-refractivity contribution >= 4 is 0 Å². The van der Waals surface area contributed by atoms with Crippen molar-refractivity contribution in [1.29, 1.82) is 0 Å². The fourth-order valence-corrected chi connectivity index (χ4v) is 2.03. The molecule has 0 heterocycles. The van der Waals surface area contributed by atoms with Crippen molar-refractivity contribution in [2.24, 2.45) is 0 Å². The Labute approximate surface area is 123 Å². The van der Waals surface area contributed by atoms with Crippen LogP contribution in [0.2, 0.25) is 0 Å². The molecule has 1 unspecified atom stereocenters. The van der Waals surface area contributed by atoms with Gasteiger partial charge in [0.25, 0.3) is 0 Å². The normalized spacial score (nSPS) is 12.2. The number of benzene rings is 1. The van der Waals surface area contributed by atoms with E-state index in [0.717, 1.165) is 43.9 Å². The topological polar surface area (TPSA) is 30.5 Å². The smallest absolute Gasteiger partial charge is 0.161 e. The fourth-order valence-electron chi connectivity index (χ4n) is 2.03. The van der Waals surface area contributed by atoms with E-state index in [1.165, 1.54) is 6.42 Å². The Kier molecular flexibility index (Phi) is 8.88. The molecule has 114 valence electrons. The molecule has 1 N–H and O–H groups in total. The summed E-state index contributed by atoms with van der Waals surface area (Å²) in [5.41, 5.74) is 0. The van der Waals surface area contributed by atoms with Crippen LogP contribution < -0.4 is 14.8 Å². The number of para-hydroxylation sites is 2. The number of rotatable bonds is 11. The van der Waals surface area contributed by atoms with Crippen LogP contribution in [0.3, 0.4) is 0 Å². The molecule has 0 amide bonds. The van der Waals surface area contributed by atoms with Crippen molar-refractivity contribution in [2.45, 2.75) is 52.5 Å². The summed E-state index contributed by atoms with van der Waals surface area (Å²) in [6.45, 7) is 8.97. The summed E-state index contributed by atoms with van der Waals surface area (Å²) in [6.07, 6.45) is 4.46. The lowest BCUT2D eigenvalue weighted by Crippen LogP contribution is -2.35. The van der Waals surface area contributed by atoms with Crippen LogP contribution in [0.15, 0.2) is 24.3 Å². The first kappa shape index (κ1) is 16.8. The first-order valence-corrected chi connectivity index (χ1v) is 7.89. The second-order valence-electron chi connectivity index (χ2n) is 5.05. The minimum Gasteiger partial charge on any atom is -0.490 e. The highest BCUT2D eigenvalue weighted by Gasteiger charge is 2.10. The van der Waals surface area contributed by atoms with Gasteiger partial charge in [0.05, 0.1) is 6.61 Å². The largest absolute Gasteiger partial charge is 0.490 e. The van der Waals surface area contributed by atoms with Gasteiger partial charge >= 0.3 is 0 Å². The highest BCUT2D eigenvalue weighted by atomic mass is 16.5. The molecule has 1 aromatic carbocycles. The Balaban J connectivity index is 2.53. The predicted molar refractivity (Wildman–Crippen MR) is 84.7 cm³/mol. The number of hydrogen-bond donors (Lipinski definition) is 1. The maximum absolute atomic E-state index is 5.96. The van der Waals surface area contributed by atoms with Crippen LogP contribution in [0.25, 0.3) is 0 Å². The molecule has 1 rings (SSSR count). The van der Waals surface area contributed by atoms with Gasteiger partial charge in [-0.1, -0.05) is 39.3 Å². The Morgan fingerprint density at radius 3 is 2.25 bits per heavy atom. The summed E-state index contributed by atoms with van der Waals surface area (Å²) >= 11 is 0. The molecule has 0 radical (unpaired) electrons. The highest BCUT2D eigenvalue weighted by Crippen LogP contribution is 2.26. The lowest BCUT2D eigenvalue weighted by Gasteiger charge is -2.19. The van der Waals surface area contributed by atoms with E-state index in [1.807, 2.05) is 24.3 Å². The molecule has 0 fully saturated rings. The monoisotopic (exact) mass is 279 g/mol. The van der Waals surface area contributed by atoms with E-state index in [4.69, 9.17) is 9.47 Å². The highest BCUT2D eigenvalue weighted by molar-refractivity contribution is 5.39. The number of hydrogen-bond acceptors (Lipinski definition) is 3. The van der Waals surface area contributed by atoms with Crippen molar-refractivity contribution in [3.8, 4) is 11.5 Å². The predicted octanol–water partition coefficient (Wildman–Crippen LogP) is 4.02. The molecule has 0 spiro atoms. The quantitative estimate of drug-likeness (QED) is 0.663. The molecule has 0 aliphatic carbocycles. The number of ether oxygens (including phenoxy) is 2. The fraction of sp³-hybridized carbons (Fsp3) is 0.647. The van der Waals surface area contributed by atoms with E-state index in [9.17, 15) is 0 Å². The van der Waals surface area contributed by atoms with Gasteiger partial charge in [0, 0.05) is 6.04 Å². The van der Waals surface area contributed by atoms with E-state index < -0.39 is 0 Å². The van der Waals surface area contributed by atoms with Gasteiger partial charge in [-0.25, -0.2) is 0 Å². The SMILES string of the molecule is CCCNC(CCC)COc1ccccc1OCCC. The van der Waals surface area contributed by atoms with Gasteiger partial charge in [-0.2, -0.15) is 0 Å². The zero-order chi connectivity index (χ0) is 14.6. The maximum atomic E-state index is 5.96. The Morgan fingerprint density at radius 1 is 0.950 bits per heavy atom. The Bertz CT molecular complexity index is 355. The standard InChI is InChI=1S/C17H29NO2/c1-4-9-15(18-12-5-2)14-20-17-11-8-7-10-16(17)19-13-6-3/h7-8,10-11,15,18H,4-6,9,12-14H2,1-3H3. The van der Waals surface area contributed by atoms with E-state index in [2.05, 4.69) is 26.1 Å². The summed E-state index contributed by atoms with van der Waals surface area (Å²) in [4.78, 5) is 0. The second-order valence-corrected chi connectivity index (χ2v) is 5.05. The molecule has 0 aromatic heterocycles. The van der Waals surface area contributed by atoms with Crippen LogP contribution in [0.5, 0.6) is 11.5 Å². The van der Waals surface area contributed by atoms with Gasteiger partial charge in [-0.05, 0) is 37.9 Å². The maximum Gasteiger partial charge on any atom is 0.161 e. The van der Waals surface area contributed by atoms with Crippen molar-refractivity contribution < 1.29 is 9.47 Å². The van der Waals surface area contributed by atoms with E-state index >= 15 is 0 Å². The minimum absolute atomic E-state index is 0.416. The van der Waals surface area contributed by atoms with Gasteiger partial charge in [-0.15, -0.1) is 0 Å². The van der Waals surface area contributed by atoms with Crippen LogP contribution >= 0.6 is 0 Å². The summed E-state index contributed by atoms with van der Waals surface area (Å²) in [5.74, 6) is 1.69. The van der Waals surface area contributed by atoms with Crippen molar-refractivity contribution in [1.82, 2.24) is 5.32 Å². The molecule has 0 saturated heterocycles. The Morgan fingerprint density at radius 2 is 1.65 bits per heavy atom. The Hall–Kier alpha value is -1.22. The average Bonchev–Trinajstić information content (AvgIpc) is 2.48. The summed E-state index contributed by atoms with van der Waals surface area (Å²) in [5, 5.41) is 3.54. The lowest BCUT2D eigenvalue weighted by molar-refractivity contribution is 0.235. The summed E-state index contributed by atoms with van der Waals surface area (Å²) in [6, 6.07) is 8.34. The zero-order valence-electron chi connectivity index (χ0n) is 13.2. The molecule has 1 aromatic rings. The molecule has 0 bridgehead atoms. The molecular formula is C17H29NO2. The molecule has 0 aliphatic heterocycles. The molecule has 1 atom stereocenters. The lowest BCUT2D eigenvalue weighted by atomic mass is 10.2. The molecular weight excluding hydrogens is 250 g/mol. The third-order valence-electron chi connectivity index (χ3n) is 3.07. The van der Waals surface area contributed by atoms with Crippen LogP contribution in [-0.4, -0.2) is 25.8 Å². The summed E-state index contributed by atoms with van der Waals surface area (Å²) < 4.78 is 11.7. The van der Waals surface area contributed by atoms with Gasteiger partial charge in [0.15, 0.2) is 11.5 Å². The third kappa shape index (κ3) is 6.29. The van der Waals surface area contributed by atoms with Crippen LogP contribution in [-0.2, 0) is 0 Å². The molecule has 3 heteroatoms. The molecule has 20 heavy (non-hydrogen) atoms. The van der Waals surface area contributed by atoms with E-state index in [-0.39, 0.29) is 0 Å². The van der Waals surface area contributed by atoms with Gasteiger partial charge in [0.1, 0.15) is 6.61 Å². The minimum atomic E-state index is 0.416. The van der Waals surface area contributed by atoms with Gasteiger partial charge in [-0.3, -0.25) is 0 Å². The van der Waals surface area contributed by atoms with E-state index in [0.29, 0.717) is 12.6 Å². The average molecular weight is 279 g/mol. The van der Waals surface area contributed by atoms with Crippen molar-refractivity contribution in [3.05, 3.63) is 24.3 Å². The number of nitrogens with one attached hydrogen (secondary N) is 1. The van der Waals surface area contributed by atoms with Crippen molar-refractivity contribution in [3.63, 3.8) is 0 Å². The van der Waals surface area contributed by atoms with Gasteiger partial charge in [0.2, 0.25) is 0 Å². The van der Waals surface area contributed by atoms with Crippen LogP contribution in [0.1, 0.15) is 46.5 Å². The first-order chi connectivity index (χ1) is 9.81. The van der Waals surface area contributed by atoms with Crippen molar-refractivity contribution in [2.75, 3.05) is 19.8 Å². The summed E-state index contributed by atoms with van der Waals surface area (Å²) in [7, 11) is 0. The van der Waals surface area contributed by atoms with Gasteiger partial charge < -0.3 is 14.8 Å². The second kappa shape index (κ2) is 10.6.